The topological polar surface area (TPSA) is 52.7 Å². The van der Waals surface area contributed by atoms with Crippen molar-refractivity contribution in [3.63, 3.8) is 0 Å². The van der Waals surface area contributed by atoms with E-state index in [0.29, 0.717) is 38.5 Å². The van der Waals surface area contributed by atoms with Crippen LogP contribution in [0.15, 0.2) is 0 Å². The average molecular weight is 267 g/mol. The van der Waals surface area contributed by atoms with Gasteiger partial charge in [0, 0.05) is 32.6 Å². The van der Waals surface area contributed by atoms with E-state index in [1.54, 1.807) is 0 Å². The predicted octanol–water partition coefficient (Wildman–Crippen LogP) is 0.455. The molecule has 0 bridgehead atoms. The second-order valence-corrected chi connectivity index (χ2v) is 5.95. The van der Waals surface area contributed by atoms with Crippen LogP contribution in [0.2, 0.25) is 0 Å². The Balaban J connectivity index is 1.78. The van der Waals surface area contributed by atoms with Gasteiger partial charge in [-0.15, -0.1) is 0 Å². The molecule has 0 aliphatic carbocycles. The van der Waals surface area contributed by atoms with Crippen LogP contribution in [0.1, 0.15) is 33.1 Å². The van der Waals surface area contributed by atoms with Crippen molar-refractivity contribution in [2.45, 2.75) is 39.2 Å². The Bertz CT molecular complexity index is 330. The lowest BCUT2D eigenvalue weighted by Gasteiger charge is -2.36. The van der Waals surface area contributed by atoms with Crippen molar-refractivity contribution in [3.8, 4) is 0 Å². The minimum absolute atomic E-state index is 0.0120. The number of carbonyl (C=O) groups excluding carboxylic acids is 2. The Morgan fingerprint density at radius 3 is 2.32 bits per heavy atom. The third kappa shape index (κ3) is 3.69. The zero-order valence-electron chi connectivity index (χ0n) is 12.0. The molecule has 0 saturated carbocycles. The maximum absolute atomic E-state index is 12.2. The first kappa shape index (κ1) is 14.3. The number of piperazine rings is 1. The third-order valence-electron chi connectivity index (χ3n) is 3.89. The number of nitrogens with zero attached hydrogens (tertiary/aromatic N) is 2. The van der Waals surface area contributed by atoms with Gasteiger partial charge in [-0.2, -0.15) is 0 Å². The van der Waals surface area contributed by atoms with Crippen molar-refractivity contribution in [3.05, 3.63) is 0 Å². The van der Waals surface area contributed by atoms with Crippen molar-refractivity contribution >= 4 is 11.8 Å². The van der Waals surface area contributed by atoms with E-state index in [9.17, 15) is 9.59 Å². The molecule has 0 radical (unpaired) electrons. The van der Waals surface area contributed by atoms with E-state index in [2.05, 4.69) is 19.2 Å². The Labute approximate surface area is 115 Å². The summed E-state index contributed by atoms with van der Waals surface area (Å²) in [4.78, 5) is 28.0. The van der Waals surface area contributed by atoms with Gasteiger partial charge in [-0.25, -0.2) is 0 Å². The van der Waals surface area contributed by atoms with Crippen LogP contribution in [0.4, 0.5) is 0 Å². The van der Waals surface area contributed by atoms with Crippen LogP contribution in [0.5, 0.6) is 0 Å². The summed E-state index contributed by atoms with van der Waals surface area (Å²) in [6.45, 7) is 7.80. The van der Waals surface area contributed by atoms with Crippen LogP contribution in [0.3, 0.4) is 0 Å². The molecule has 0 aromatic rings. The maximum Gasteiger partial charge on any atom is 0.239 e. The fraction of sp³-hybridized carbons (Fsp3) is 0.857. The van der Waals surface area contributed by atoms with Gasteiger partial charge in [-0.05, 0) is 25.3 Å². The summed E-state index contributed by atoms with van der Waals surface area (Å²) in [6, 6.07) is 0.0120. The summed E-state index contributed by atoms with van der Waals surface area (Å²) in [5, 5.41) is 3.24. The van der Waals surface area contributed by atoms with Gasteiger partial charge in [0.1, 0.15) is 0 Å². The molecule has 2 fully saturated rings. The molecule has 2 aliphatic heterocycles. The fourth-order valence-electron chi connectivity index (χ4n) is 2.77. The molecule has 5 nitrogen and oxygen atoms in total. The Morgan fingerprint density at radius 2 is 1.79 bits per heavy atom. The van der Waals surface area contributed by atoms with Crippen LogP contribution in [0, 0.1) is 5.92 Å². The van der Waals surface area contributed by atoms with Crippen LogP contribution in [-0.2, 0) is 9.59 Å². The van der Waals surface area contributed by atoms with Crippen LogP contribution < -0.4 is 5.32 Å². The monoisotopic (exact) mass is 267 g/mol. The highest BCUT2D eigenvalue weighted by Crippen LogP contribution is 2.12. The SMILES string of the molecule is CC(C)CC(=O)N1CCN(C(=O)C2CCCN2)CC1. The molecule has 2 saturated heterocycles. The summed E-state index contributed by atoms with van der Waals surface area (Å²) in [7, 11) is 0. The molecule has 2 rings (SSSR count). The first-order valence-corrected chi connectivity index (χ1v) is 7.38. The predicted molar refractivity (Wildman–Crippen MR) is 73.6 cm³/mol. The Hall–Kier alpha value is -1.10. The summed E-state index contributed by atoms with van der Waals surface area (Å²) >= 11 is 0. The van der Waals surface area contributed by atoms with E-state index >= 15 is 0 Å². The molecule has 0 spiro atoms. The summed E-state index contributed by atoms with van der Waals surface area (Å²) in [5.41, 5.74) is 0. The van der Waals surface area contributed by atoms with Crippen molar-refractivity contribution in [2.24, 2.45) is 5.92 Å². The number of hydrogen-bond donors (Lipinski definition) is 1. The largest absolute Gasteiger partial charge is 0.339 e. The first-order valence-electron chi connectivity index (χ1n) is 7.38. The second-order valence-electron chi connectivity index (χ2n) is 5.95. The molecule has 5 heteroatoms. The summed E-state index contributed by atoms with van der Waals surface area (Å²) in [5.74, 6) is 0.837. The molecular formula is C14H25N3O2. The van der Waals surface area contributed by atoms with Crippen molar-refractivity contribution < 1.29 is 9.59 Å². The van der Waals surface area contributed by atoms with E-state index in [1.165, 1.54) is 0 Å². The van der Waals surface area contributed by atoms with E-state index in [4.69, 9.17) is 0 Å². The lowest BCUT2D eigenvalue weighted by Crippen LogP contribution is -2.54. The summed E-state index contributed by atoms with van der Waals surface area (Å²) < 4.78 is 0. The number of nitrogens with one attached hydrogen (secondary N) is 1. The van der Waals surface area contributed by atoms with Gasteiger partial charge >= 0.3 is 0 Å². The fourth-order valence-corrected chi connectivity index (χ4v) is 2.77. The molecule has 2 amide bonds. The standard InChI is InChI=1S/C14H25N3O2/c1-11(2)10-13(18)16-6-8-17(9-7-16)14(19)12-4-3-5-15-12/h11-12,15H,3-10H2,1-2H3. The highest BCUT2D eigenvalue weighted by atomic mass is 16.2. The number of carbonyl (C=O) groups is 2. The van der Waals surface area contributed by atoms with Gasteiger partial charge in [0.05, 0.1) is 6.04 Å². The van der Waals surface area contributed by atoms with Gasteiger partial charge in [0.2, 0.25) is 11.8 Å². The van der Waals surface area contributed by atoms with E-state index in [0.717, 1.165) is 19.4 Å². The van der Waals surface area contributed by atoms with E-state index in [1.807, 2.05) is 9.80 Å². The third-order valence-corrected chi connectivity index (χ3v) is 3.89. The molecule has 2 aliphatic rings. The van der Waals surface area contributed by atoms with Crippen molar-refractivity contribution in [1.29, 1.82) is 0 Å². The van der Waals surface area contributed by atoms with Crippen molar-refractivity contribution in [1.82, 2.24) is 15.1 Å². The average Bonchev–Trinajstić information content (AvgIpc) is 2.91. The highest BCUT2D eigenvalue weighted by molar-refractivity contribution is 5.83. The molecule has 1 atom stereocenters. The van der Waals surface area contributed by atoms with Gasteiger partial charge in [0.25, 0.3) is 0 Å². The van der Waals surface area contributed by atoms with Crippen LogP contribution >= 0.6 is 0 Å². The quantitative estimate of drug-likeness (QED) is 0.808. The van der Waals surface area contributed by atoms with Gasteiger partial charge in [0.15, 0.2) is 0 Å². The molecule has 0 aromatic heterocycles. The van der Waals surface area contributed by atoms with Gasteiger partial charge in [-0.3, -0.25) is 9.59 Å². The van der Waals surface area contributed by atoms with E-state index < -0.39 is 0 Å². The van der Waals surface area contributed by atoms with Gasteiger partial charge in [-0.1, -0.05) is 13.8 Å². The Kier molecular flexibility index (Phi) is 4.80. The zero-order chi connectivity index (χ0) is 13.8. The van der Waals surface area contributed by atoms with Crippen LogP contribution in [-0.4, -0.2) is 60.4 Å². The highest BCUT2D eigenvalue weighted by Gasteiger charge is 2.30. The normalized spacial score (nSPS) is 24.1. The number of hydrogen-bond acceptors (Lipinski definition) is 3. The first-order chi connectivity index (χ1) is 9.08. The van der Waals surface area contributed by atoms with Crippen LogP contribution in [0.25, 0.3) is 0 Å². The lowest BCUT2D eigenvalue weighted by atomic mass is 10.1. The van der Waals surface area contributed by atoms with Crippen molar-refractivity contribution in [2.75, 3.05) is 32.7 Å². The molecule has 2 heterocycles. The molecule has 1 N–H and O–H groups in total. The number of rotatable bonds is 3. The van der Waals surface area contributed by atoms with Gasteiger partial charge < -0.3 is 15.1 Å². The Morgan fingerprint density at radius 1 is 1.16 bits per heavy atom. The second kappa shape index (κ2) is 6.37. The molecule has 108 valence electrons. The minimum Gasteiger partial charge on any atom is -0.339 e. The minimum atomic E-state index is 0.0120. The summed E-state index contributed by atoms with van der Waals surface area (Å²) in [6.07, 6.45) is 2.65. The maximum atomic E-state index is 12.2. The lowest BCUT2D eigenvalue weighted by molar-refractivity contribution is -0.141. The smallest absolute Gasteiger partial charge is 0.239 e. The van der Waals surface area contributed by atoms with E-state index in [-0.39, 0.29) is 17.9 Å². The molecule has 0 aromatic carbocycles. The molecular weight excluding hydrogens is 242 g/mol. The molecule has 19 heavy (non-hydrogen) atoms. The number of amides is 2. The molecule has 1 unspecified atom stereocenters. The zero-order valence-corrected chi connectivity index (χ0v) is 12.0.